The molecule has 2 aromatic carbocycles. The summed E-state index contributed by atoms with van der Waals surface area (Å²) in [6.07, 6.45) is 1.52. The van der Waals surface area contributed by atoms with E-state index >= 15 is 0 Å². The first-order valence-electron chi connectivity index (χ1n) is 11.7. The number of H-pyrrole nitrogens is 1. The third-order valence-electron chi connectivity index (χ3n) is 6.34. The van der Waals surface area contributed by atoms with Crippen LogP contribution in [0.15, 0.2) is 54.2 Å². The van der Waals surface area contributed by atoms with E-state index in [2.05, 4.69) is 62.0 Å². The highest BCUT2D eigenvalue weighted by molar-refractivity contribution is 7.18. The number of ether oxygens (including phenoxy) is 2. The van der Waals surface area contributed by atoms with Crippen LogP contribution in [-0.4, -0.2) is 64.5 Å². The number of morpholine rings is 1. The predicted molar refractivity (Wildman–Crippen MR) is 140 cm³/mol. The summed E-state index contributed by atoms with van der Waals surface area (Å²) in [7, 11) is 0. The SMILES string of the molecule is Cc1ccc(OCCN2CCOCC2)cc1Nc1nc2c(-c3ncn[nH]3)cccc2c2ccsc12. The quantitative estimate of drug-likeness (QED) is 0.335. The van der Waals surface area contributed by atoms with Crippen LogP contribution in [0, 0.1) is 6.92 Å². The van der Waals surface area contributed by atoms with Crippen LogP contribution in [-0.2, 0) is 4.74 Å². The van der Waals surface area contributed by atoms with Crippen molar-refractivity contribution >= 4 is 43.8 Å². The molecular formula is C26H26N6O2S. The first-order valence-corrected chi connectivity index (χ1v) is 12.6. The third kappa shape index (κ3) is 4.45. The van der Waals surface area contributed by atoms with Crippen molar-refractivity contribution in [3.05, 3.63) is 59.7 Å². The van der Waals surface area contributed by atoms with Crippen molar-refractivity contribution < 1.29 is 9.47 Å². The second-order valence-corrected chi connectivity index (χ2v) is 9.48. The molecule has 9 heteroatoms. The zero-order valence-electron chi connectivity index (χ0n) is 19.5. The number of fused-ring (bicyclic) bond motifs is 3. The number of benzene rings is 2. The topological polar surface area (TPSA) is 88.2 Å². The molecule has 1 aliphatic rings. The van der Waals surface area contributed by atoms with Gasteiger partial charge in [-0.15, -0.1) is 11.3 Å². The number of hydrogen-bond acceptors (Lipinski definition) is 8. The van der Waals surface area contributed by atoms with Crippen molar-refractivity contribution in [2.45, 2.75) is 6.92 Å². The van der Waals surface area contributed by atoms with E-state index in [1.54, 1.807) is 11.3 Å². The predicted octanol–water partition coefficient (Wildman–Crippen LogP) is 5.00. The molecule has 0 unspecified atom stereocenters. The second-order valence-electron chi connectivity index (χ2n) is 8.56. The van der Waals surface area contributed by atoms with E-state index in [1.165, 1.54) is 11.7 Å². The van der Waals surface area contributed by atoms with Gasteiger partial charge in [0, 0.05) is 47.7 Å². The van der Waals surface area contributed by atoms with Crippen LogP contribution in [0.1, 0.15) is 5.56 Å². The van der Waals surface area contributed by atoms with Crippen molar-refractivity contribution in [3.63, 3.8) is 0 Å². The Balaban J connectivity index is 1.31. The molecule has 0 atom stereocenters. The number of pyridine rings is 1. The van der Waals surface area contributed by atoms with E-state index in [9.17, 15) is 0 Å². The number of nitrogens with one attached hydrogen (secondary N) is 2. The Morgan fingerprint density at radius 2 is 2.06 bits per heavy atom. The van der Waals surface area contributed by atoms with Gasteiger partial charge in [-0.3, -0.25) is 10.00 Å². The molecule has 0 spiro atoms. The molecule has 35 heavy (non-hydrogen) atoms. The Morgan fingerprint density at radius 1 is 1.14 bits per heavy atom. The van der Waals surface area contributed by atoms with Crippen LogP contribution in [0.3, 0.4) is 0 Å². The average Bonchev–Trinajstić information content (AvgIpc) is 3.59. The fourth-order valence-corrected chi connectivity index (χ4v) is 5.28. The highest BCUT2D eigenvalue weighted by Crippen LogP contribution is 2.38. The first kappa shape index (κ1) is 22.0. The van der Waals surface area contributed by atoms with Crippen molar-refractivity contribution in [2.75, 3.05) is 44.8 Å². The normalized spacial score (nSPS) is 14.5. The number of aromatic amines is 1. The number of hydrogen-bond donors (Lipinski definition) is 2. The molecular weight excluding hydrogens is 460 g/mol. The van der Waals surface area contributed by atoms with E-state index in [0.717, 1.165) is 76.8 Å². The van der Waals surface area contributed by atoms with Gasteiger partial charge in [-0.2, -0.15) is 5.10 Å². The molecule has 6 rings (SSSR count). The van der Waals surface area contributed by atoms with E-state index in [4.69, 9.17) is 14.5 Å². The zero-order chi connectivity index (χ0) is 23.6. The maximum atomic E-state index is 6.09. The van der Waals surface area contributed by atoms with Crippen LogP contribution >= 0.6 is 11.3 Å². The summed E-state index contributed by atoms with van der Waals surface area (Å²) in [6, 6.07) is 14.5. The van der Waals surface area contributed by atoms with Gasteiger partial charge in [-0.25, -0.2) is 9.97 Å². The fraction of sp³-hybridized carbons (Fsp3) is 0.269. The van der Waals surface area contributed by atoms with E-state index < -0.39 is 0 Å². The summed E-state index contributed by atoms with van der Waals surface area (Å²) in [5.74, 6) is 2.37. The zero-order valence-corrected chi connectivity index (χ0v) is 20.3. The van der Waals surface area contributed by atoms with Gasteiger partial charge in [0.1, 0.15) is 24.5 Å². The summed E-state index contributed by atoms with van der Waals surface area (Å²) >= 11 is 1.68. The maximum absolute atomic E-state index is 6.09. The fourth-order valence-electron chi connectivity index (χ4n) is 4.43. The van der Waals surface area contributed by atoms with E-state index in [0.29, 0.717) is 12.4 Å². The van der Waals surface area contributed by atoms with Gasteiger partial charge < -0.3 is 14.8 Å². The van der Waals surface area contributed by atoms with Gasteiger partial charge in [0.2, 0.25) is 0 Å². The highest BCUT2D eigenvalue weighted by atomic mass is 32.1. The smallest absolute Gasteiger partial charge is 0.157 e. The summed E-state index contributed by atoms with van der Waals surface area (Å²) in [4.78, 5) is 11.8. The molecule has 4 heterocycles. The molecule has 0 radical (unpaired) electrons. The Kier molecular flexibility index (Phi) is 6.03. The number of para-hydroxylation sites is 1. The van der Waals surface area contributed by atoms with Gasteiger partial charge in [0.05, 0.1) is 23.4 Å². The van der Waals surface area contributed by atoms with Crippen molar-refractivity contribution in [1.29, 1.82) is 0 Å². The monoisotopic (exact) mass is 486 g/mol. The highest BCUT2D eigenvalue weighted by Gasteiger charge is 2.16. The molecule has 178 valence electrons. The minimum Gasteiger partial charge on any atom is -0.492 e. The molecule has 0 aliphatic carbocycles. The van der Waals surface area contributed by atoms with Crippen molar-refractivity contribution in [1.82, 2.24) is 25.1 Å². The van der Waals surface area contributed by atoms with Crippen LogP contribution in [0.2, 0.25) is 0 Å². The van der Waals surface area contributed by atoms with Crippen LogP contribution in [0.5, 0.6) is 5.75 Å². The van der Waals surface area contributed by atoms with Gasteiger partial charge >= 0.3 is 0 Å². The molecule has 1 fully saturated rings. The number of aromatic nitrogens is 4. The summed E-state index contributed by atoms with van der Waals surface area (Å²) in [6.45, 7) is 7.15. The molecule has 5 aromatic rings. The van der Waals surface area contributed by atoms with Crippen molar-refractivity contribution in [3.8, 4) is 17.1 Å². The number of rotatable bonds is 7. The first-order chi connectivity index (χ1) is 17.3. The lowest BCUT2D eigenvalue weighted by Crippen LogP contribution is -2.38. The molecule has 1 saturated heterocycles. The summed E-state index contributed by atoms with van der Waals surface area (Å²) in [5.41, 5.74) is 3.91. The third-order valence-corrected chi connectivity index (χ3v) is 7.26. The number of aryl methyl sites for hydroxylation is 1. The Morgan fingerprint density at radius 3 is 2.91 bits per heavy atom. The number of thiophene rings is 1. The lowest BCUT2D eigenvalue weighted by Gasteiger charge is -2.26. The van der Waals surface area contributed by atoms with E-state index in [1.807, 2.05) is 18.2 Å². The Hall–Kier alpha value is -3.53. The second kappa shape index (κ2) is 9.61. The molecule has 8 nitrogen and oxygen atoms in total. The average molecular weight is 487 g/mol. The molecule has 0 bridgehead atoms. The minimum absolute atomic E-state index is 0.645. The van der Waals surface area contributed by atoms with Crippen LogP contribution in [0.25, 0.3) is 32.4 Å². The van der Waals surface area contributed by atoms with Gasteiger partial charge in [-0.1, -0.05) is 18.2 Å². The standard InChI is InChI=1S/C26H26N6O2S/c1-17-5-6-18(34-13-10-32-8-11-33-12-9-32)15-22(17)29-26-24-20(7-14-35-24)19-3-2-4-21(23(19)30-26)25-27-16-28-31-25/h2-7,14-16H,8-13H2,1H3,(H,29,30)(H,27,28,31). The lowest BCUT2D eigenvalue weighted by atomic mass is 10.1. The van der Waals surface area contributed by atoms with Gasteiger partial charge in [0.15, 0.2) is 5.82 Å². The number of anilines is 2. The summed E-state index contributed by atoms with van der Waals surface area (Å²) in [5, 5.41) is 15.0. The van der Waals surface area contributed by atoms with Gasteiger partial charge in [-0.05, 0) is 36.1 Å². The van der Waals surface area contributed by atoms with E-state index in [-0.39, 0.29) is 0 Å². The molecule has 0 amide bonds. The Labute approximate surface area is 206 Å². The molecule has 0 saturated carbocycles. The Bertz CT molecular complexity index is 1460. The largest absolute Gasteiger partial charge is 0.492 e. The molecule has 1 aliphatic heterocycles. The van der Waals surface area contributed by atoms with Crippen LogP contribution in [0.4, 0.5) is 11.5 Å². The van der Waals surface area contributed by atoms with Crippen molar-refractivity contribution in [2.24, 2.45) is 0 Å². The summed E-state index contributed by atoms with van der Waals surface area (Å²) < 4.78 is 12.6. The molecule has 3 aromatic heterocycles. The minimum atomic E-state index is 0.645. The van der Waals surface area contributed by atoms with Crippen LogP contribution < -0.4 is 10.1 Å². The van der Waals surface area contributed by atoms with Gasteiger partial charge in [0.25, 0.3) is 0 Å². The lowest BCUT2D eigenvalue weighted by molar-refractivity contribution is 0.0322. The molecule has 2 N–H and O–H groups in total. The maximum Gasteiger partial charge on any atom is 0.157 e. The number of nitrogens with zero attached hydrogens (tertiary/aromatic N) is 4.